The zero-order chi connectivity index (χ0) is 8.15. The van der Waals surface area contributed by atoms with E-state index in [1.165, 1.54) is 0 Å². The average molecular weight is 141 g/mol. The molecule has 0 amide bonds. The van der Waals surface area contributed by atoms with Gasteiger partial charge in [0.1, 0.15) is 0 Å². The first-order valence-electron chi connectivity index (χ1n) is 3.92. The Morgan fingerprint density at radius 2 is 1.90 bits per heavy atom. The van der Waals surface area contributed by atoms with Crippen LogP contribution in [0.5, 0.6) is 0 Å². The molecule has 0 aromatic carbocycles. The Hall–Kier alpha value is -0.300. The second-order valence-electron chi connectivity index (χ2n) is 3.13. The van der Waals surface area contributed by atoms with E-state index in [-0.39, 0.29) is 0 Å². The van der Waals surface area contributed by atoms with Gasteiger partial charge in [-0.15, -0.1) is 6.58 Å². The van der Waals surface area contributed by atoms with Gasteiger partial charge < -0.3 is 4.90 Å². The Bertz CT molecular complexity index is 96.9. The van der Waals surface area contributed by atoms with Gasteiger partial charge in [-0.25, -0.2) is 0 Å². The van der Waals surface area contributed by atoms with Crippen LogP contribution in [-0.2, 0) is 0 Å². The number of nitrogens with zero attached hydrogens (tertiary/aromatic N) is 1. The molecule has 0 fully saturated rings. The molecule has 0 aromatic heterocycles. The molecule has 0 bridgehead atoms. The fourth-order valence-electron chi connectivity index (χ4n) is 0.916. The van der Waals surface area contributed by atoms with Crippen LogP contribution in [-0.4, -0.2) is 24.0 Å². The standard InChI is InChI=1S/C9H19N/c1-6-7-9(4)10(5)8(2)3/h6,8-9H,1,7H2,2-5H3. The minimum atomic E-state index is 0.623. The molecule has 10 heavy (non-hydrogen) atoms. The van der Waals surface area contributed by atoms with E-state index in [1.807, 2.05) is 6.08 Å². The fourth-order valence-corrected chi connectivity index (χ4v) is 0.916. The summed E-state index contributed by atoms with van der Waals surface area (Å²) in [7, 11) is 2.15. The highest BCUT2D eigenvalue weighted by Gasteiger charge is 2.09. The van der Waals surface area contributed by atoms with Crippen LogP contribution in [0.2, 0.25) is 0 Å². The van der Waals surface area contributed by atoms with Crippen LogP contribution in [0.1, 0.15) is 27.2 Å². The van der Waals surface area contributed by atoms with Gasteiger partial charge in [-0.3, -0.25) is 0 Å². The SMILES string of the molecule is C=CCC(C)N(C)C(C)C. The molecule has 0 aliphatic carbocycles. The smallest absolute Gasteiger partial charge is 0.0101 e. The van der Waals surface area contributed by atoms with Crippen LogP contribution in [0.3, 0.4) is 0 Å². The monoisotopic (exact) mass is 141 g/mol. The lowest BCUT2D eigenvalue weighted by Crippen LogP contribution is -2.34. The highest BCUT2D eigenvalue weighted by Crippen LogP contribution is 2.04. The summed E-state index contributed by atoms with van der Waals surface area (Å²) in [6.45, 7) is 10.4. The minimum Gasteiger partial charge on any atom is -0.301 e. The van der Waals surface area contributed by atoms with Crippen LogP contribution < -0.4 is 0 Å². The molecule has 0 spiro atoms. The molecule has 0 saturated carbocycles. The molecule has 1 heteroatoms. The van der Waals surface area contributed by atoms with Crippen molar-refractivity contribution in [2.45, 2.75) is 39.3 Å². The van der Waals surface area contributed by atoms with Crippen molar-refractivity contribution in [3.8, 4) is 0 Å². The van der Waals surface area contributed by atoms with E-state index < -0.39 is 0 Å². The van der Waals surface area contributed by atoms with Crippen molar-refractivity contribution >= 4 is 0 Å². The molecule has 0 heterocycles. The third-order valence-electron chi connectivity index (χ3n) is 2.02. The lowest BCUT2D eigenvalue weighted by Gasteiger charge is -2.27. The van der Waals surface area contributed by atoms with Crippen molar-refractivity contribution in [3.63, 3.8) is 0 Å². The van der Waals surface area contributed by atoms with Crippen LogP contribution in [0.15, 0.2) is 12.7 Å². The van der Waals surface area contributed by atoms with Crippen LogP contribution in [0, 0.1) is 0 Å². The van der Waals surface area contributed by atoms with E-state index in [4.69, 9.17) is 0 Å². The van der Waals surface area contributed by atoms with E-state index in [9.17, 15) is 0 Å². The number of hydrogen-bond acceptors (Lipinski definition) is 1. The molecule has 0 saturated heterocycles. The van der Waals surface area contributed by atoms with Crippen LogP contribution in [0.25, 0.3) is 0 Å². The Morgan fingerprint density at radius 1 is 1.40 bits per heavy atom. The first kappa shape index (κ1) is 9.70. The molecule has 0 aromatic rings. The largest absolute Gasteiger partial charge is 0.301 e. The van der Waals surface area contributed by atoms with Crippen molar-refractivity contribution in [2.24, 2.45) is 0 Å². The Morgan fingerprint density at radius 3 is 2.20 bits per heavy atom. The van der Waals surface area contributed by atoms with E-state index in [2.05, 4.69) is 39.3 Å². The van der Waals surface area contributed by atoms with Gasteiger partial charge in [0.15, 0.2) is 0 Å². The first-order chi connectivity index (χ1) is 4.59. The Labute approximate surface area is 64.7 Å². The van der Waals surface area contributed by atoms with Gasteiger partial charge in [0.05, 0.1) is 0 Å². The average Bonchev–Trinajstić information content (AvgIpc) is 1.87. The van der Waals surface area contributed by atoms with E-state index in [0.29, 0.717) is 12.1 Å². The summed E-state index contributed by atoms with van der Waals surface area (Å²) in [6.07, 6.45) is 3.05. The molecule has 1 nitrogen and oxygen atoms in total. The Kier molecular flexibility index (Phi) is 4.37. The van der Waals surface area contributed by atoms with Crippen molar-refractivity contribution in [1.82, 2.24) is 4.90 Å². The summed E-state index contributed by atoms with van der Waals surface area (Å²) in [5.41, 5.74) is 0. The van der Waals surface area contributed by atoms with Crippen LogP contribution >= 0.6 is 0 Å². The van der Waals surface area contributed by atoms with Crippen LogP contribution in [0.4, 0.5) is 0 Å². The van der Waals surface area contributed by atoms with Crippen molar-refractivity contribution in [2.75, 3.05) is 7.05 Å². The molecule has 0 rings (SSSR count). The predicted molar refractivity (Wildman–Crippen MR) is 47.2 cm³/mol. The lowest BCUT2D eigenvalue weighted by molar-refractivity contribution is 0.209. The highest BCUT2D eigenvalue weighted by atomic mass is 15.1. The van der Waals surface area contributed by atoms with Gasteiger partial charge in [-0.2, -0.15) is 0 Å². The van der Waals surface area contributed by atoms with E-state index in [0.717, 1.165) is 6.42 Å². The van der Waals surface area contributed by atoms with E-state index in [1.54, 1.807) is 0 Å². The molecule has 0 radical (unpaired) electrons. The summed E-state index contributed by atoms with van der Waals surface area (Å²) in [4.78, 5) is 2.35. The molecule has 0 aliphatic heterocycles. The fraction of sp³-hybridized carbons (Fsp3) is 0.778. The third-order valence-corrected chi connectivity index (χ3v) is 2.02. The summed E-state index contributed by atoms with van der Waals surface area (Å²) in [6, 6.07) is 1.26. The van der Waals surface area contributed by atoms with E-state index >= 15 is 0 Å². The molecular formula is C9H19N. The van der Waals surface area contributed by atoms with Gasteiger partial charge in [0, 0.05) is 12.1 Å². The van der Waals surface area contributed by atoms with Crippen molar-refractivity contribution in [1.29, 1.82) is 0 Å². The molecular weight excluding hydrogens is 122 g/mol. The topological polar surface area (TPSA) is 3.24 Å². The maximum atomic E-state index is 3.72. The summed E-state index contributed by atoms with van der Waals surface area (Å²) in [5.74, 6) is 0. The zero-order valence-electron chi connectivity index (χ0n) is 7.59. The normalized spacial score (nSPS) is 14.2. The first-order valence-corrected chi connectivity index (χ1v) is 3.92. The summed E-state index contributed by atoms with van der Waals surface area (Å²) in [5, 5.41) is 0. The van der Waals surface area contributed by atoms with Crippen molar-refractivity contribution in [3.05, 3.63) is 12.7 Å². The maximum Gasteiger partial charge on any atom is 0.0101 e. The molecule has 60 valence electrons. The van der Waals surface area contributed by atoms with Crippen molar-refractivity contribution < 1.29 is 0 Å². The van der Waals surface area contributed by atoms with Gasteiger partial charge in [-0.1, -0.05) is 6.08 Å². The molecule has 0 N–H and O–H groups in total. The van der Waals surface area contributed by atoms with Gasteiger partial charge in [-0.05, 0) is 34.2 Å². The number of rotatable bonds is 4. The number of hydrogen-bond donors (Lipinski definition) is 0. The maximum absolute atomic E-state index is 3.72. The second kappa shape index (κ2) is 4.51. The second-order valence-corrected chi connectivity index (χ2v) is 3.13. The molecule has 1 atom stereocenters. The lowest BCUT2D eigenvalue weighted by atomic mass is 10.2. The summed E-state index contributed by atoms with van der Waals surface area (Å²) < 4.78 is 0. The third kappa shape index (κ3) is 3.02. The molecule has 1 unspecified atom stereocenters. The summed E-state index contributed by atoms with van der Waals surface area (Å²) >= 11 is 0. The quantitative estimate of drug-likeness (QED) is 0.543. The highest BCUT2D eigenvalue weighted by molar-refractivity contribution is 4.76. The predicted octanol–water partition coefficient (Wildman–Crippen LogP) is 2.29. The Balaban J connectivity index is 3.68. The minimum absolute atomic E-state index is 0.623. The molecule has 0 aliphatic rings. The zero-order valence-corrected chi connectivity index (χ0v) is 7.59. The van der Waals surface area contributed by atoms with Gasteiger partial charge in [0.2, 0.25) is 0 Å². The van der Waals surface area contributed by atoms with Gasteiger partial charge >= 0.3 is 0 Å². The van der Waals surface area contributed by atoms with Gasteiger partial charge in [0.25, 0.3) is 0 Å².